The highest BCUT2D eigenvalue weighted by Crippen LogP contribution is 2.34. The van der Waals surface area contributed by atoms with Gasteiger partial charge < -0.3 is 9.67 Å². The second-order valence-electron chi connectivity index (χ2n) is 6.29. The van der Waals surface area contributed by atoms with Crippen molar-refractivity contribution >= 4 is 39.0 Å². The van der Waals surface area contributed by atoms with Crippen molar-refractivity contribution in [3.05, 3.63) is 75.4 Å². The topological polar surface area (TPSA) is 55.1 Å². The maximum Gasteiger partial charge on any atom is 0.354 e. The summed E-state index contributed by atoms with van der Waals surface area (Å²) in [6.45, 7) is 1.71. The second-order valence-corrected chi connectivity index (χ2v) is 7.61. The number of hydrogen-bond acceptors (Lipinski definition) is 3. The van der Waals surface area contributed by atoms with Crippen molar-refractivity contribution in [1.29, 1.82) is 0 Å². The maximum atomic E-state index is 13.7. The Morgan fingerprint density at radius 1 is 1.25 bits per heavy atom. The molecule has 4 rings (SSSR count). The molecule has 0 spiro atoms. The van der Waals surface area contributed by atoms with Crippen LogP contribution in [0.3, 0.4) is 0 Å². The molecule has 142 valence electrons. The Morgan fingerprint density at radius 3 is 2.64 bits per heavy atom. The summed E-state index contributed by atoms with van der Waals surface area (Å²) < 4.78 is 29.9. The van der Waals surface area contributed by atoms with Crippen LogP contribution in [0.15, 0.2) is 41.8 Å². The van der Waals surface area contributed by atoms with E-state index in [0.29, 0.717) is 5.02 Å². The number of carbonyl (C=O) groups is 1. The molecule has 2 heterocycles. The lowest BCUT2D eigenvalue weighted by molar-refractivity contribution is 0.0685. The Morgan fingerprint density at radius 2 is 1.96 bits per heavy atom. The zero-order chi connectivity index (χ0) is 20.0. The molecule has 2 aromatic heterocycles. The van der Waals surface area contributed by atoms with Gasteiger partial charge in [-0.1, -0.05) is 17.7 Å². The van der Waals surface area contributed by atoms with Gasteiger partial charge in [-0.2, -0.15) is 0 Å². The van der Waals surface area contributed by atoms with E-state index in [2.05, 4.69) is 4.98 Å². The molecule has 0 bridgehead atoms. The Bertz CT molecular complexity index is 1210. The number of benzene rings is 2. The van der Waals surface area contributed by atoms with Gasteiger partial charge in [-0.25, -0.2) is 18.6 Å². The van der Waals surface area contributed by atoms with Gasteiger partial charge >= 0.3 is 5.97 Å². The van der Waals surface area contributed by atoms with Gasteiger partial charge in [0.05, 0.1) is 12.2 Å². The first-order chi connectivity index (χ1) is 13.3. The molecule has 0 saturated heterocycles. The normalized spacial score (nSPS) is 11.3. The maximum absolute atomic E-state index is 13.7. The lowest BCUT2D eigenvalue weighted by Gasteiger charge is -2.11. The smallest absolute Gasteiger partial charge is 0.354 e. The lowest BCUT2D eigenvalue weighted by Crippen LogP contribution is -2.12. The quantitative estimate of drug-likeness (QED) is 0.459. The van der Waals surface area contributed by atoms with E-state index in [1.165, 1.54) is 15.9 Å². The second kappa shape index (κ2) is 7.00. The number of aromatic nitrogens is 2. The van der Waals surface area contributed by atoms with Crippen LogP contribution in [-0.2, 0) is 6.54 Å². The minimum atomic E-state index is -1.17. The summed E-state index contributed by atoms with van der Waals surface area (Å²) in [5.74, 6) is -2.51. The predicted molar refractivity (Wildman–Crippen MR) is 105 cm³/mol. The minimum absolute atomic E-state index is 0.0360. The van der Waals surface area contributed by atoms with Crippen LogP contribution in [0.5, 0.6) is 0 Å². The van der Waals surface area contributed by atoms with Crippen LogP contribution in [0.1, 0.15) is 21.7 Å². The molecule has 0 aliphatic rings. The van der Waals surface area contributed by atoms with E-state index in [9.17, 15) is 18.7 Å². The van der Waals surface area contributed by atoms with E-state index in [1.54, 1.807) is 13.0 Å². The molecule has 8 heteroatoms. The van der Waals surface area contributed by atoms with Crippen molar-refractivity contribution in [3.63, 3.8) is 0 Å². The number of imidazole rings is 1. The van der Waals surface area contributed by atoms with Crippen molar-refractivity contribution in [1.82, 2.24) is 9.55 Å². The van der Waals surface area contributed by atoms with Crippen LogP contribution >= 0.6 is 22.9 Å². The van der Waals surface area contributed by atoms with Crippen molar-refractivity contribution in [3.8, 4) is 11.4 Å². The number of halogens is 3. The SMILES string of the molecule is Cc1nc(-c2cc(F)cc(F)c2)n(Cc2csc3cccc(Cl)c23)c1C(=O)O. The summed E-state index contributed by atoms with van der Waals surface area (Å²) in [4.78, 5) is 16.1. The Balaban J connectivity index is 1.93. The van der Waals surface area contributed by atoms with Crippen molar-refractivity contribution in [2.24, 2.45) is 0 Å². The van der Waals surface area contributed by atoms with E-state index in [4.69, 9.17) is 11.6 Å². The first kappa shape index (κ1) is 18.6. The van der Waals surface area contributed by atoms with E-state index in [1.807, 2.05) is 17.5 Å². The van der Waals surface area contributed by atoms with Crippen LogP contribution in [0, 0.1) is 18.6 Å². The summed E-state index contributed by atoms with van der Waals surface area (Å²) in [5, 5.41) is 13.0. The van der Waals surface area contributed by atoms with Crippen LogP contribution in [-0.4, -0.2) is 20.6 Å². The third-order valence-corrected chi connectivity index (χ3v) is 5.73. The van der Waals surface area contributed by atoms with E-state index in [0.717, 1.165) is 33.8 Å². The average Bonchev–Trinajstić information content (AvgIpc) is 3.16. The van der Waals surface area contributed by atoms with Gasteiger partial charge in [0, 0.05) is 26.7 Å². The number of nitrogens with zero attached hydrogens (tertiary/aromatic N) is 2. The molecule has 0 amide bonds. The average molecular weight is 419 g/mol. The first-order valence-electron chi connectivity index (χ1n) is 8.26. The van der Waals surface area contributed by atoms with Crippen molar-refractivity contribution < 1.29 is 18.7 Å². The first-order valence-corrected chi connectivity index (χ1v) is 9.52. The van der Waals surface area contributed by atoms with Gasteiger partial charge in [0.25, 0.3) is 0 Å². The van der Waals surface area contributed by atoms with Gasteiger partial charge in [-0.05, 0) is 42.1 Å². The largest absolute Gasteiger partial charge is 0.477 e. The summed E-state index contributed by atoms with van der Waals surface area (Å²) in [6.07, 6.45) is 0. The number of carboxylic acids is 1. The molecular formula is C20H13ClF2N2O2S. The van der Waals surface area contributed by atoms with Crippen LogP contribution < -0.4 is 0 Å². The number of rotatable bonds is 4. The van der Waals surface area contributed by atoms with E-state index >= 15 is 0 Å². The third-order valence-electron chi connectivity index (χ3n) is 4.42. The van der Waals surface area contributed by atoms with Gasteiger partial charge in [-0.15, -0.1) is 11.3 Å². The number of aromatic carboxylic acids is 1. The number of fused-ring (bicyclic) bond motifs is 1. The zero-order valence-corrected chi connectivity index (χ0v) is 16.1. The minimum Gasteiger partial charge on any atom is -0.477 e. The standard InChI is InChI=1S/C20H13ClF2N2O2S/c1-10-18(20(26)27)25(19(24-10)11-5-13(22)7-14(23)6-11)8-12-9-28-16-4-2-3-15(21)17(12)16/h2-7,9H,8H2,1H3,(H,26,27). The Labute approximate surface area is 167 Å². The summed E-state index contributed by atoms with van der Waals surface area (Å²) >= 11 is 7.83. The molecule has 1 N–H and O–H groups in total. The molecule has 0 atom stereocenters. The highest BCUT2D eigenvalue weighted by atomic mass is 35.5. The fourth-order valence-corrected chi connectivity index (χ4v) is 4.62. The number of thiophene rings is 1. The number of hydrogen-bond donors (Lipinski definition) is 1. The van der Waals surface area contributed by atoms with E-state index < -0.39 is 17.6 Å². The molecule has 28 heavy (non-hydrogen) atoms. The summed E-state index contributed by atoms with van der Waals surface area (Å²) in [5.41, 5.74) is 1.20. The number of aryl methyl sites for hydroxylation is 1. The van der Waals surface area contributed by atoms with Gasteiger partial charge in [0.2, 0.25) is 0 Å². The highest BCUT2D eigenvalue weighted by molar-refractivity contribution is 7.17. The highest BCUT2D eigenvalue weighted by Gasteiger charge is 2.23. The molecule has 0 aliphatic heterocycles. The Hall–Kier alpha value is -2.77. The zero-order valence-electron chi connectivity index (χ0n) is 14.5. The van der Waals surface area contributed by atoms with Crippen molar-refractivity contribution in [2.75, 3.05) is 0 Å². The van der Waals surface area contributed by atoms with Crippen LogP contribution in [0.4, 0.5) is 8.78 Å². The molecule has 4 nitrogen and oxygen atoms in total. The fourth-order valence-electron chi connectivity index (χ4n) is 3.30. The molecule has 0 saturated carbocycles. The molecule has 2 aromatic carbocycles. The predicted octanol–water partition coefficient (Wildman–Crippen LogP) is 5.75. The Kier molecular flexibility index (Phi) is 4.64. The van der Waals surface area contributed by atoms with E-state index in [-0.39, 0.29) is 29.3 Å². The lowest BCUT2D eigenvalue weighted by atomic mass is 10.1. The monoisotopic (exact) mass is 418 g/mol. The van der Waals surface area contributed by atoms with Gasteiger partial charge in [0.15, 0.2) is 5.69 Å². The van der Waals surface area contributed by atoms with Crippen LogP contribution in [0.25, 0.3) is 21.5 Å². The molecule has 0 unspecified atom stereocenters. The molecular weight excluding hydrogens is 406 g/mol. The molecule has 0 radical (unpaired) electrons. The third kappa shape index (κ3) is 3.16. The van der Waals surface area contributed by atoms with Gasteiger partial charge in [-0.3, -0.25) is 0 Å². The van der Waals surface area contributed by atoms with Crippen LogP contribution in [0.2, 0.25) is 5.02 Å². The molecule has 0 fully saturated rings. The number of carboxylic acid groups (broad SMARTS) is 1. The molecule has 0 aliphatic carbocycles. The molecule has 4 aromatic rings. The van der Waals surface area contributed by atoms with Crippen molar-refractivity contribution in [2.45, 2.75) is 13.5 Å². The summed E-state index contributed by atoms with van der Waals surface area (Å²) in [7, 11) is 0. The summed E-state index contributed by atoms with van der Waals surface area (Å²) in [6, 6.07) is 8.55. The van der Waals surface area contributed by atoms with Gasteiger partial charge in [0.1, 0.15) is 17.5 Å². The fraction of sp³-hybridized carbons (Fsp3) is 0.100.